The molecule has 1 aliphatic rings. The highest BCUT2D eigenvalue weighted by Crippen LogP contribution is 2.40. The molecule has 1 aliphatic heterocycles. The van der Waals surface area contributed by atoms with E-state index in [1.807, 2.05) is 0 Å². The van der Waals surface area contributed by atoms with Crippen LogP contribution in [-0.2, 0) is 0 Å². The molecule has 1 fully saturated rings. The predicted molar refractivity (Wildman–Crippen MR) is 117 cm³/mol. The third-order valence-electron chi connectivity index (χ3n) is 5.24. The average molecular weight is 414 g/mol. The van der Waals surface area contributed by atoms with Crippen LogP contribution in [0.15, 0.2) is 5.16 Å². The molecule has 0 bridgehead atoms. The predicted octanol–water partition coefficient (Wildman–Crippen LogP) is 5.46. The van der Waals surface area contributed by atoms with E-state index >= 15 is 0 Å². The van der Waals surface area contributed by atoms with Crippen LogP contribution in [-0.4, -0.2) is 37.8 Å². The zero-order valence-electron chi connectivity index (χ0n) is 17.6. The van der Waals surface area contributed by atoms with Gasteiger partial charge < -0.3 is 10.6 Å². The first kappa shape index (κ1) is 22.7. The van der Waals surface area contributed by atoms with Crippen LogP contribution in [0.25, 0.3) is 0 Å². The molecule has 1 aromatic heterocycles. The lowest BCUT2D eigenvalue weighted by atomic mass is 9.77. The molecule has 7 heteroatoms. The summed E-state index contributed by atoms with van der Waals surface area (Å²) in [6, 6.07) is 0.185. The second kappa shape index (κ2) is 9.75. The maximum absolute atomic E-state index is 6.30. The van der Waals surface area contributed by atoms with E-state index < -0.39 is 0 Å². The first-order valence-electron chi connectivity index (χ1n) is 10.3. The Kier molecular flexibility index (Phi) is 8.19. The van der Waals surface area contributed by atoms with Gasteiger partial charge in [0.15, 0.2) is 5.16 Å². The lowest BCUT2D eigenvalue weighted by Crippen LogP contribution is -2.64. The van der Waals surface area contributed by atoms with Crippen molar-refractivity contribution in [1.82, 2.24) is 15.0 Å². The van der Waals surface area contributed by atoms with Crippen LogP contribution in [0.4, 0.5) is 5.95 Å². The van der Waals surface area contributed by atoms with E-state index in [-0.39, 0.29) is 22.4 Å². The van der Waals surface area contributed by atoms with Gasteiger partial charge in [-0.05, 0) is 58.6 Å². The maximum atomic E-state index is 6.30. The Morgan fingerprint density at radius 2 is 1.59 bits per heavy atom. The number of piperidine rings is 1. The quantitative estimate of drug-likeness (QED) is 0.428. The van der Waals surface area contributed by atoms with E-state index in [2.05, 4.69) is 49.5 Å². The van der Waals surface area contributed by atoms with E-state index in [9.17, 15) is 0 Å². The van der Waals surface area contributed by atoms with Crippen molar-refractivity contribution >= 4 is 29.3 Å². The molecule has 0 amide bonds. The third-order valence-corrected chi connectivity index (χ3v) is 6.34. The molecule has 0 atom stereocenters. The molecule has 0 saturated carbocycles. The van der Waals surface area contributed by atoms with Gasteiger partial charge in [-0.3, -0.25) is 0 Å². The smallest absolute Gasteiger partial charge is 0.231 e. The Hall–Kier alpha value is -0.590. The molecule has 0 radical (unpaired) electrons. The molecule has 0 aliphatic carbocycles. The number of rotatable bonds is 9. The van der Waals surface area contributed by atoms with Gasteiger partial charge in [-0.2, -0.15) is 15.0 Å². The summed E-state index contributed by atoms with van der Waals surface area (Å²) in [6.07, 6.45) is 9.53. The van der Waals surface area contributed by atoms with Gasteiger partial charge in [0.25, 0.3) is 0 Å². The minimum Gasteiger partial charge on any atom is -0.330 e. The third kappa shape index (κ3) is 6.47. The highest BCUT2D eigenvalue weighted by Gasteiger charge is 2.45. The molecule has 154 valence electrons. The van der Waals surface area contributed by atoms with Crippen LogP contribution in [0.2, 0.25) is 5.28 Å². The molecule has 27 heavy (non-hydrogen) atoms. The molecule has 0 aromatic carbocycles. The van der Waals surface area contributed by atoms with E-state index in [0.717, 1.165) is 23.8 Å². The summed E-state index contributed by atoms with van der Waals surface area (Å²) in [5.74, 6) is 1.69. The van der Waals surface area contributed by atoms with Crippen molar-refractivity contribution in [2.45, 2.75) is 108 Å². The Balaban J connectivity index is 2.05. The molecule has 5 nitrogen and oxygen atoms in total. The molecule has 2 rings (SSSR count). The second-order valence-corrected chi connectivity index (χ2v) is 10.3. The number of unbranched alkanes of at least 4 members (excludes halogenated alkanes) is 5. The number of anilines is 1. The fraction of sp³-hybridized carbons (Fsp3) is 0.850. The summed E-state index contributed by atoms with van der Waals surface area (Å²) >= 11 is 7.93. The van der Waals surface area contributed by atoms with Crippen molar-refractivity contribution in [2.75, 3.05) is 10.7 Å². The van der Waals surface area contributed by atoms with Crippen LogP contribution in [0.3, 0.4) is 0 Å². The highest BCUT2D eigenvalue weighted by atomic mass is 35.5. The average Bonchev–Trinajstić information content (AvgIpc) is 2.50. The summed E-state index contributed by atoms with van der Waals surface area (Å²) in [5, 5.41) is 0.993. The molecular weight excluding hydrogens is 378 g/mol. The molecule has 2 heterocycles. The molecular formula is C20H36ClN5S. The molecule has 1 saturated heterocycles. The fourth-order valence-electron chi connectivity index (χ4n) is 4.43. The summed E-state index contributed by atoms with van der Waals surface area (Å²) in [7, 11) is 0. The van der Waals surface area contributed by atoms with Crippen molar-refractivity contribution in [3.05, 3.63) is 5.28 Å². The Labute approximate surface area is 174 Å². The van der Waals surface area contributed by atoms with E-state index in [1.54, 1.807) is 11.8 Å². The monoisotopic (exact) mass is 413 g/mol. The van der Waals surface area contributed by atoms with E-state index in [4.69, 9.17) is 22.3 Å². The second-order valence-electron chi connectivity index (χ2n) is 8.93. The Morgan fingerprint density at radius 3 is 2.22 bits per heavy atom. The summed E-state index contributed by atoms with van der Waals surface area (Å²) in [5.41, 5.74) is 6.04. The molecule has 0 unspecified atom stereocenters. The van der Waals surface area contributed by atoms with Crippen molar-refractivity contribution in [3.63, 3.8) is 0 Å². The molecule has 1 aromatic rings. The highest BCUT2D eigenvalue weighted by molar-refractivity contribution is 7.99. The first-order valence-corrected chi connectivity index (χ1v) is 11.6. The number of halogens is 1. The largest absolute Gasteiger partial charge is 0.330 e. The number of nitrogens with zero attached hydrogens (tertiary/aromatic N) is 4. The van der Waals surface area contributed by atoms with Crippen molar-refractivity contribution < 1.29 is 0 Å². The lowest BCUT2D eigenvalue weighted by Gasteiger charge is -2.54. The van der Waals surface area contributed by atoms with Crippen LogP contribution >= 0.6 is 23.4 Å². The Morgan fingerprint density at radius 1 is 1.00 bits per heavy atom. The standard InChI is InChI=1S/C20H36ClN5S/c1-6-7-8-9-10-11-12-27-18-24-16(21)23-17(25-18)26-19(2,3)13-15(22)14-20(26,4)5/h15H,6-14,22H2,1-5H3. The van der Waals surface area contributed by atoms with Gasteiger partial charge in [-0.15, -0.1) is 0 Å². The number of nitrogens with two attached hydrogens (primary N) is 1. The minimum atomic E-state index is -0.132. The van der Waals surface area contributed by atoms with Crippen molar-refractivity contribution in [2.24, 2.45) is 5.73 Å². The molecule has 0 spiro atoms. The van der Waals surface area contributed by atoms with Crippen molar-refractivity contribution in [1.29, 1.82) is 0 Å². The topological polar surface area (TPSA) is 67.9 Å². The number of thioether (sulfide) groups is 1. The van der Waals surface area contributed by atoms with Crippen LogP contribution in [0.5, 0.6) is 0 Å². The number of aromatic nitrogens is 3. The van der Waals surface area contributed by atoms with E-state index in [0.29, 0.717) is 5.95 Å². The number of hydrogen-bond acceptors (Lipinski definition) is 6. The first-order chi connectivity index (χ1) is 12.7. The van der Waals surface area contributed by atoms with Crippen LogP contribution < -0.4 is 10.6 Å². The zero-order chi connectivity index (χ0) is 20.1. The van der Waals surface area contributed by atoms with Crippen molar-refractivity contribution in [3.8, 4) is 0 Å². The van der Waals surface area contributed by atoms with Gasteiger partial charge >= 0.3 is 0 Å². The summed E-state index contributed by atoms with van der Waals surface area (Å²) in [6.45, 7) is 11.1. The SMILES string of the molecule is CCCCCCCCSc1nc(Cl)nc(N2C(C)(C)CC(N)CC2(C)C)n1. The van der Waals surface area contributed by atoms with Gasteiger partial charge in [0.05, 0.1) is 0 Å². The minimum absolute atomic E-state index is 0.132. The van der Waals surface area contributed by atoms with Crippen LogP contribution in [0.1, 0.15) is 86.0 Å². The summed E-state index contributed by atoms with van der Waals surface area (Å²) < 4.78 is 0. The van der Waals surface area contributed by atoms with Gasteiger partial charge in [0, 0.05) is 22.9 Å². The van der Waals surface area contributed by atoms with Gasteiger partial charge in [0.2, 0.25) is 11.2 Å². The van der Waals surface area contributed by atoms with E-state index in [1.165, 1.54) is 38.5 Å². The summed E-state index contributed by atoms with van der Waals surface area (Å²) in [4.78, 5) is 15.9. The van der Waals surface area contributed by atoms with Gasteiger partial charge in [-0.1, -0.05) is 50.8 Å². The molecule has 2 N–H and O–H groups in total. The fourth-order valence-corrected chi connectivity index (χ4v) is 5.47. The zero-order valence-corrected chi connectivity index (χ0v) is 19.2. The Bertz CT molecular complexity index is 590. The maximum Gasteiger partial charge on any atom is 0.231 e. The van der Waals surface area contributed by atoms with Gasteiger partial charge in [0.1, 0.15) is 0 Å². The van der Waals surface area contributed by atoms with Crippen LogP contribution in [0, 0.1) is 0 Å². The number of hydrogen-bond donors (Lipinski definition) is 1. The lowest BCUT2D eigenvalue weighted by molar-refractivity contribution is 0.215. The normalized spacial score (nSPS) is 19.4. The van der Waals surface area contributed by atoms with Gasteiger partial charge in [-0.25, -0.2) is 0 Å².